The van der Waals surface area contributed by atoms with Gasteiger partial charge in [-0.25, -0.2) is 23.4 Å². The molecule has 2 fully saturated rings. The summed E-state index contributed by atoms with van der Waals surface area (Å²) in [4.78, 5) is 38.7. The number of piperazine rings is 1. The van der Waals surface area contributed by atoms with E-state index in [0.29, 0.717) is 46.2 Å². The molecule has 292 valence electrons. The molecule has 4 aromatic rings. The zero-order chi connectivity index (χ0) is 40.5. The molecule has 4 heterocycles. The third-order valence-corrected chi connectivity index (χ3v) is 18.0. The summed E-state index contributed by atoms with van der Waals surface area (Å²) in [6.45, 7) is 22.5. The van der Waals surface area contributed by atoms with Crippen molar-refractivity contribution in [3.8, 4) is 22.7 Å². The van der Waals surface area contributed by atoms with Crippen LogP contribution in [0.15, 0.2) is 30.5 Å². The lowest BCUT2D eigenvalue weighted by atomic mass is 9.93. The van der Waals surface area contributed by atoms with E-state index in [1.54, 1.807) is 39.5 Å². The average Bonchev–Trinajstić information content (AvgIpc) is 3.29. The van der Waals surface area contributed by atoms with E-state index >= 15 is 8.78 Å². The van der Waals surface area contributed by atoms with Gasteiger partial charge < -0.3 is 19.8 Å². The summed E-state index contributed by atoms with van der Waals surface area (Å²) in [5, 5.41) is 22.5. The smallest absolute Gasteiger partial charge is 0.411 e. The molecule has 0 saturated carbocycles. The zero-order valence-corrected chi connectivity index (χ0v) is 34.6. The van der Waals surface area contributed by atoms with Gasteiger partial charge >= 0.3 is 12.1 Å². The topological polar surface area (TPSA) is 116 Å². The Hall–Kier alpha value is -4.60. The number of pyridine rings is 2. The molecule has 2 aromatic heterocycles. The van der Waals surface area contributed by atoms with E-state index in [-0.39, 0.29) is 57.0 Å². The van der Waals surface area contributed by atoms with Crippen LogP contribution >= 0.6 is 0 Å². The molecule has 3 atom stereocenters. The van der Waals surface area contributed by atoms with E-state index in [0.717, 1.165) is 0 Å². The van der Waals surface area contributed by atoms with Crippen LogP contribution in [-0.4, -0.2) is 82.1 Å². The molecule has 2 aliphatic rings. The van der Waals surface area contributed by atoms with E-state index in [9.17, 15) is 19.8 Å². The minimum Gasteiger partial charge on any atom is -0.478 e. The fourth-order valence-corrected chi connectivity index (χ4v) is 14.3. The van der Waals surface area contributed by atoms with Crippen molar-refractivity contribution < 1.29 is 33.3 Å². The van der Waals surface area contributed by atoms with Crippen LogP contribution < -0.4 is 4.90 Å². The molecule has 0 radical (unpaired) electrons. The Bertz CT molecular complexity index is 2250. The first-order valence-corrected chi connectivity index (χ1v) is 21.3. The molecule has 9 nitrogen and oxygen atoms in total. The van der Waals surface area contributed by atoms with Crippen LogP contribution in [0.3, 0.4) is 0 Å². The monoisotopic (exact) mass is 770 g/mol. The lowest BCUT2D eigenvalue weighted by molar-refractivity contribution is 0.00603. The SMILES string of the molecule is Cc1nc(N2C[C@H]3C[C@@H](O)[C@@H](C2)N3C(=O)OC(C)(C)C)c2cnc(-c3cc(C(=O)O)cc4ccc(F)c(C#C[Si](C(C)C)(C(C)C)C(C)C)c34)c(F)c2c1C. The zero-order valence-electron chi connectivity index (χ0n) is 33.6. The molecule has 2 aromatic carbocycles. The van der Waals surface area contributed by atoms with Gasteiger partial charge in [-0.1, -0.05) is 53.5 Å². The number of nitrogens with zero attached hydrogens (tertiary/aromatic N) is 4. The van der Waals surface area contributed by atoms with Crippen LogP contribution in [-0.2, 0) is 4.74 Å². The largest absolute Gasteiger partial charge is 0.478 e. The summed E-state index contributed by atoms with van der Waals surface area (Å²) in [5.41, 5.74) is 4.87. The van der Waals surface area contributed by atoms with Crippen molar-refractivity contribution >= 4 is 47.5 Å². The number of anilines is 1. The summed E-state index contributed by atoms with van der Waals surface area (Å²) in [5.74, 6) is 1.21. The molecule has 2 N–H and O–H groups in total. The number of aromatic nitrogens is 2. The quantitative estimate of drug-likeness (QED) is 0.147. The average molecular weight is 771 g/mol. The number of hydrogen-bond acceptors (Lipinski definition) is 7. The fraction of sp³-hybridized carbons (Fsp3) is 0.488. The van der Waals surface area contributed by atoms with Crippen LogP contribution in [0.2, 0.25) is 16.6 Å². The number of aromatic carboxylic acids is 1. The van der Waals surface area contributed by atoms with Gasteiger partial charge in [-0.15, -0.1) is 5.54 Å². The van der Waals surface area contributed by atoms with Crippen LogP contribution in [0.5, 0.6) is 0 Å². The molecule has 55 heavy (non-hydrogen) atoms. The third-order valence-electron chi connectivity index (χ3n) is 11.7. The Morgan fingerprint density at radius 1 is 1.00 bits per heavy atom. The lowest BCUT2D eigenvalue weighted by Gasteiger charge is -2.42. The number of aliphatic hydroxyl groups excluding tert-OH is 1. The highest BCUT2D eigenvalue weighted by atomic mass is 28.3. The van der Waals surface area contributed by atoms with Gasteiger partial charge in [-0.3, -0.25) is 9.88 Å². The first-order valence-electron chi connectivity index (χ1n) is 19.1. The molecule has 6 rings (SSSR count). The van der Waals surface area contributed by atoms with E-state index in [4.69, 9.17) is 9.72 Å². The van der Waals surface area contributed by atoms with Crippen LogP contribution in [0.1, 0.15) is 95.9 Å². The van der Waals surface area contributed by atoms with Gasteiger partial charge in [0, 0.05) is 46.7 Å². The molecular formula is C43H52F2N4O5Si. The predicted octanol–water partition coefficient (Wildman–Crippen LogP) is 9.17. The van der Waals surface area contributed by atoms with Crippen molar-refractivity contribution in [3.05, 3.63) is 64.5 Å². The Kier molecular flexibility index (Phi) is 10.5. The summed E-state index contributed by atoms with van der Waals surface area (Å²) in [7, 11) is -2.33. The number of hydrogen-bond donors (Lipinski definition) is 2. The molecule has 2 bridgehead atoms. The second-order valence-electron chi connectivity index (χ2n) is 17.2. The Morgan fingerprint density at radius 2 is 1.65 bits per heavy atom. The summed E-state index contributed by atoms with van der Waals surface area (Å²) >= 11 is 0. The number of fused-ring (bicyclic) bond motifs is 4. The van der Waals surface area contributed by atoms with Gasteiger partial charge in [0.25, 0.3) is 0 Å². The number of amides is 1. The summed E-state index contributed by atoms with van der Waals surface area (Å²) < 4.78 is 39.1. The van der Waals surface area contributed by atoms with Gasteiger partial charge in [0.1, 0.15) is 31.0 Å². The fourth-order valence-electron chi connectivity index (χ4n) is 9.12. The highest BCUT2D eigenvalue weighted by molar-refractivity contribution is 6.90. The van der Waals surface area contributed by atoms with Crippen molar-refractivity contribution in [1.29, 1.82) is 0 Å². The molecule has 12 heteroatoms. The summed E-state index contributed by atoms with van der Waals surface area (Å²) in [6, 6.07) is 4.67. The van der Waals surface area contributed by atoms with E-state index in [1.165, 1.54) is 30.5 Å². The molecule has 0 unspecified atom stereocenters. The molecule has 0 spiro atoms. The van der Waals surface area contributed by atoms with Crippen LogP contribution in [0.25, 0.3) is 32.8 Å². The standard InChI is InChI=1S/C43H52F2N4O5Si/c1-22(2)55(23(3)4,24(5)6)15-14-30-33(44)13-12-27-16-28(41(51)52)17-31(37(27)30)39-38(45)36-25(7)26(8)47-40(32(36)19-46-39)48-20-29-18-35(50)34(21-48)49(29)42(53)54-43(9,10)11/h12-13,16-17,19,22-24,29,34-35,50H,18,20-21H2,1-11H3,(H,51,52)/t29-,34-,35-/m1/s1. The number of carbonyl (C=O) groups is 2. The Labute approximate surface area is 323 Å². The number of carboxylic acids is 1. The third kappa shape index (κ3) is 6.95. The van der Waals surface area contributed by atoms with Gasteiger partial charge in [0.05, 0.1) is 29.3 Å². The van der Waals surface area contributed by atoms with Gasteiger partial charge in [-0.2, -0.15) is 0 Å². The Morgan fingerprint density at radius 3 is 2.24 bits per heavy atom. The van der Waals surface area contributed by atoms with E-state index < -0.39 is 49.5 Å². The number of aryl methyl sites for hydroxylation is 2. The van der Waals surface area contributed by atoms with E-state index in [2.05, 4.69) is 58.0 Å². The lowest BCUT2D eigenvalue weighted by Crippen LogP contribution is -2.58. The normalized spacial score (nSPS) is 18.8. The maximum atomic E-state index is 17.4. The van der Waals surface area contributed by atoms with Crippen molar-refractivity contribution in [2.45, 2.75) is 123 Å². The first kappa shape index (κ1) is 40.1. The van der Waals surface area contributed by atoms with Crippen molar-refractivity contribution in [1.82, 2.24) is 14.9 Å². The molecule has 2 aliphatic heterocycles. The highest BCUT2D eigenvalue weighted by Crippen LogP contribution is 2.43. The second-order valence-corrected chi connectivity index (χ2v) is 22.7. The molecule has 1 amide bonds. The van der Waals surface area contributed by atoms with Crippen molar-refractivity contribution in [2.24, 2.45) is 0 Å². The van der Waals surface area contributed by atoms with Crippen LogP contribution in [0, 0.1) is 36.9 Å². The number of halogens is 2. The second kappa shape index (κ2) is 14.5. The number of benzene rings is 2. The van der Waals surface area contributed by atoms with Gasteiger partial charge in [-0.05, 0) is 86.8 Å². The predicted molar refractivity (Wildman–Crippen MR) is 215 cm³/mol. The Balaban J connectivity index is 1.54. The summed E-state index contributed by atoms with van der Waals surface area (Å²) in [6.07, 6.45) is 0.628. The van der Waals surface area contributed by atoms with Gasteiger partial charge in [0.2, 0.25) is 0 Å². The maximum Gasteiger partial charge on any atom is 0.411 e. The highest BCUT2D eigenvalue weighted by Gasteiger charge is 2.50. The van der Waals surface area contributed by atoms with Crippen molar-refractivity contribution in [3.63, 3.8) is 0 Å². The van der Waals surface area contributed by atoms with Gasteiger partial charge in [0.15, 0.2) is 5.82 Å². The molecular weight excluding hydrogens is 719 g/mol. The molecule has 2 saturated heterocycles. The number of carboxylic acid groups (broad SMARTS) is 1. The number of aliphatic hydroxyl groups is 1. The number of rotatable bonds is 6. The number of ether oxygens (including phenoxy) is 1. The van der Waals surface area contributed by atoms with E-state index in [1.807, 2.05) is 4.90 Å². The minimum atomic E-state index is -2.33. The number of carbonyl (C=O) groups excluding carboxylic acids is 1. The minimum absolute atomic E-state index is 0.0878. The maximum absolute atomic E-state index is 17.4. The first-order chi connectivity index (χ1) is 25.7. The van der Waals surface area contributed by atoms with Crippen molar-refractivity contribution in [2.75, 3.05) is 18.0 Å². The van der Waals surface area contributed by atoms with Crippen LogP contribution in [0.4, 0.5) is 19.4 Å². The molecule has 0 aliphatic carbocycles.